The maximum absolute atomic E-state index is 6.74. The molecule has 0 bridgehead atoms. The lowest BCUT2D eigenvalue weighted by Crippen LogP contribution is -2.19. The first kappa shape index (κ1) is 35.8. The van der Waals surface area contributed by atoms with Crippen molar-refractivity contribution in [3.05, 3.63) is 235 Å². The van der Waals surface area contributed by atoms with Gasteiger partial charge in [0, 0.05) is 74.1 Å². The van der Waals surface area contributed by atoms with E-state index in [1.807, 2.05) is 95.9 Å². The highest BCUT2D eigenvalue weighted by Crippen LogP contribution is 2.52. The van der Waals surface area contributed by atoms with Gasteiger partial charge in [0.15, 0.2) is 0 Å². The van der Waals surface area contributed by atoms with Gasteiger partial charge in [-0.2, -0.15) is 0 Å². The van der Waals surface area contributed by atoms with Crippen LogP contribution in [0.3, 0.4) is 0 Å². The molecule has 0 radical (unpaired) electrons. The maximum Gasteiger partial charge on any atom is 0.137 e. The van der Waals surface area contributed by atoms with E-state index in [2.05, 4.69) is 117 Å². The van der Waals surface area contributed by atoms with E-state index in [0.717, 1.165) is 61.6 Å². The molecule has 0 fully saturated rings. The average molecular weight is 764 g/mol. The number of nitrogens with zero attached hydrogens (tertiary/aromatic N) is 3. The molecule has 3 aliphatic rings. The van der Waals surface area contributed by atoms with Gasteiger partial charge in [-0.15, -0.1) is 0 Å². The monoisotopic (exact) mass is 763 g/mol. The van der Waals surface area contributed by atoms with Crippen LogP contribution >= 0.6 is 0 Å². The average Bonchev–Trinajstić information content (AvgIpc) is 3.49. The van der Waals surface area contributed by atoms with Gasteiger partial charge >= 0.3 is 0 Å². The van der Waals surface area contributed by atoms with Gasteiger partial charge in [0.05, 0.1) is 0 Å². The largest absolute Gasteiger partial charge is 0.456 e. The lowest BCUT2D eigenvalue weighted by Gasteiger charge is -2.31. The van der Waals surface area contributed by atoms with Crippen LogP contribution in [-0.4, -0.2) is 4.98 Å². The summed E-state index contributed by atoms with van der Waals surface area (Å²) in [5.74, 6) is 3.41. The van der Waals surface area contributed by atoms with Crippen molar-refractivity contribution in [2.75, 3.05) is 9.80 Å². The van der Waals surface area contributed by atoms with E-state index < -0.39 is 0 Å². The second-order valence-corrected chi connectivity index (χ2v) is 15.6. The number of allylic oxidation sites excluding steroid dienone is 4. The molecule has 7 aromatic rings. The number of hydrogen-bond acceptors (Lipinski definition) is 5. The van der Waals surface area contributed by atoms with Gasteiger partial charge in [0.2, 0.25) is 0 Å². The summed E-state index contributed by atoms with van der Waals surface area (Å²) in [6, 6.07) is 49.8. The van der Waals surface area contributed by atoms with Crippen molar-refractivity contribution >= 4 is 44.8 Å². The van der Waals surface area contributed by atoms with Crippen LogP contribution in [0.15, 0.2) is 213 Å². The standard InChI is InChI=1S/C54H41N3O2/c1-34(56(38-17-9-7-10-18-38)40-24-25-44-43-21-13-14-22-45(43)54(5,6)46(44)33-40)31-49-36(3)41-26-29-48-53-42(27-28-47(58-49)52(41)53)37(4)50(59-48)32-35(2)57(39-19-11-8-12-20-39)51-23-15-16-30-55-51/h7-33H,1-4H2,5-6H3. The van der Waals surface area contributed by atoms with Crippen molar-refractivity contribution in [3.8, 4) is 22.6 Å². The third-order valence-electron chi connectivity index (χ3n) is 11.7. The van der Waals surface area contributed by atoms with Gasteiger partial charge in [0.25, 0.3) is 0 Å². The number of para-hydroxylation sites is 2. The molecule has 0 saturated heterocycles. The van der Waals surface area contributed by atoms with Gasteiger partial charge in [0.1, 0.15) is 28.8 Å². The van der Waals surface area contributed by atoms with Gasteiger partial charge in [-0.3, -0.25) is 4.90 Å². The van der Waals surface area contributed by atoms with E-state index in [0.29, 0.717) is 28.7 Å². The first-order chi connectivity index (χ1) is 28.7. The summed E-state index contributed by atoms with van der Waals surface area (Å²) in [4.78, 5) is 8.81. The van der Waals surface area contributed by atoms with Crippen LogP contribution < -0.4 is 19.3 Å². The first-order valence-electron chi connectivity index (χ1n) is 19.7. The lowest BCUT2D eigenvalue weighted by atomic mass is 9.82. The van der Waals surface area contributed by atoms with Crippen LogP contribution in [0, 0.1) is 0 Å². The van der Waals surface area contributed by atoms with E-state index in [4.69, 9.17) is 9.47 Å². The summed E-state index contributed by atoms with van der Waals surface area (Å²) in [6.45, 7) is 22.8. The third-order valence-corrected chi connectivity index (χ3v) is 11.7. The highest BCUT2D eigenvalue weighted by atomic mass is 16.5. The van der Waals surface area contributed by atoms with Crippen molar-refractivity contribution in [2.45, 2.75) is 19.3 Å². The predicted octanol–water partition coefficient (Wildman–Crippen LogP) is 13.8. The van der Waals surface area contributed by atoms with Crippen LogP contribution in [0.25, 0.3) is 33.0 Å². The summed E-state index contributed by atoms with van der Waals surface area (Å²) in [5.41, 5.74) is 12.9. The molecule has 284 valence electrons. The van der Waals surface area contributed by atoms with Gasteiger partial charge in [-0.05, 0) is 106 Å². The first-order valence-corrected chi connectivity index (χ1v) is 19.7. The molecule has 59 heavy (non-hydrogen) atoms. The fourth-order valence-electron chi connectivity index (χ4n) is 8.79. The van der Waals surface area contributed by atoms with Crippen molar-refractivity contribution in [2.24, 2.45) is 0 Å². The lowest BCUT2D eigenvalue weighted by molar-refractivity contribution is 0.442. The Morgan fingerprint density at radius 1 is 0.525 bits per heavy atom. The second kappa shape index (κ2) is 13.8. The molecule has 0 saturated carbocycles. The molecule has 2 aliphatic heterocycles. The van der Waals surface area contributed by atoms with E-state index >= 15 is 0 Å². The Bertz CT molecular complexity index is 2940. The number of benzene rings is 6. The Labute approximate surface area is 345 Å². The fraction of sp³-hybridized carbons (Fsp3) is 0.0556. The summed E-state index contributed by atoms with van der Waals surface area (Å²) in [7, 11) is 0. The maximum atomic E-state index is 6.74. The third kappa shape index (κ3) is 5.81. The zero-order chi connectivity index (χ0) is 40.4. The van der Waals surface area contributed by atoms with E-state index in [9.17, 15) is 0 Å². The SMILES string of the molecule is C=C1C(=CC(=C)N(c2ccccc2)c2ccc3c(c2)C(C)(C)c2ccccc2-3)Oc2ccc3c4c(ccc1c24)OC(=CC(=C)N(c1ccccc1)c1ccccn1)C3=C. The quantitative estimate of drug-likeness (QED) is 0.154. The number of pyridine rings is 1. The molecular weight excluding hydrogens is 723 g/mol. The van der Waals surface area contributed by atoms with Crippen molar-refractivity contribution in [1.29, 1.82) is 0 Å². The zero-order valence-electron chi connectivity index (χ0n) is 33.1. The van der Waals surface area contributed by atoms with E-state index in [1.54, 1.807) is 6.20 Å². The van der Waals surface area contributed by atoms with Gasteiger partial charge in [-0.1, -0.05) is 113 Å². The van der Waals surface area contributed by atoms with Crippen LogP contribution in [0.1, 0.15) is 36.1 Å². The van der Waals surface area contributed by atoms with Crippen molar-refractivity contribution < 1.29 is 9.47 Å². The Morgan fingerprint density at radius 2 is 1.03 bits per heavy atom. The molecular formula is C54H41N3O2. The molecule has 0 N–H and O–H groups in total. The molecule has 0 spiro atoms. The molecule has 10 rings (SSSR count). The zero-order valence-corrected chi connectivity index (χ0v) is 33.1. The Hall–Kier alpha value is -7.63. The van der Waals surface area contributed by atoms with Crippen LogP contribution in [0.2, 0.25) is 0 Å². The smallest absolute Gasteiger partial charge is 0.137 e. The molecule has 5 nitrogen and oxygen atoms in total. The number of hydrogen-bond donors (Lipinski definition) is 0. The van der Waals surface area contributed by atoms with Gasteiger partial charge < -0.3 is 14.4 Å². The molecule has 1 aromatic heterocycles. The normalized spacial score (nSPS) is 15.6. The highest BCUT2D eigenvalue weighted by Gasteiger charge is 2.36. The fourth-order valence-corrected chi connectivity index (χ4v) is 8.79. The molecule has 0 atom stereocenters. The summed E-state index contributed by atoms with van der Waals surface area (Å²) >= 11 is 0. The van der Waals surface area contributed by atoms with Crippen molar-refractivity contribution in [1.82, 2.24) is 4.98 Å². The minimum atomic E-state index is -0.144. The Balaban J connectivity index is 0.985. The topological polar surface area (TPSA) is 37.8 Å². The number of fused-ring (bicyclic) bond motifs is 3. The molecule has 6 aromatic carbocycles. The van der Waals surface area contributed by atoms with Crippen LogP contribution in [-0.2, 0) is 5.41 Å². The summed E-state index contributed by atoms with van der Waals surface area (Å²) < 4.78 is 13.4. The molecule has 0 unspecified atom stereocenters. The van der Waals surface area contributed by atoms with Crippen molar-refractivity contribution in [3.63, 3.8) is 0 Å². The van der Waals surface area contributed by atoms with Crippen LogP contribution in [0.5, 0.6) is 11.5 Å². The number of anilines is 4. The summed E-state index contributed by atoms with van der Waals surface area (Å²) in [5, 5.41) is 1.87. The van der Waals surface area contributed by atoms with E-state index in [-0.39, 0.29) is 5.41 Å². The van der Waals surface area contributed by atoms with Crippen LogP contribution in [0.4, 0.5) is 22.9 Å². The number of ether oxygens (including phenoxy) is 2. The number of aromatic nitrogens is 1. The molecule has 0 amide bonds. The highest BCUT2D eigenvalue weighted by molar-refractivity contribution is 6.11. The Kier molecular flexibility index (Phi) is 8.36. The minimum Gasteiger partial charge on any atom is -0.456 e. The predicted molar refractivity (Wildman–Crippen MR) is 243 cm³/mol. The molecule has 5 heteroatoms. The minimum absolute atomic E-state index is 0.144. The van der Waals surface area contributed by atoms with E-state index in [1.165, 1.54) is 22.3 Å². The summed E-state index contributed by atoms with van der Waals surface area (Å²) in [6.07, 6.45) is 5.69. The molecule has 1 aliphatic carbocycles. The second-order valence-electron chi connectivity index (χ2n) is 15.6. The Morgan fingerprint density at radius 3 is 1.63 bits per heavy atom. The number of rotatable bonds is 8. The van der Waals surface area contributed by atoms with Gasteiger partial charge in [-0.25, -0.2) is 4.98 Å². The molecule has 3 heterocycles.